The molecule has 1 N–H and O–H groups in total. The molecular weight excluding hydrogens is 694 g/mol. The minimum absolute atomic E-state index is 0.0547. The second-order valence-corrected chi connectivity index (χ2v) is 15.5. The molecule has 1 unspecified atom stereocenters. The molecule has 0 bridgehead atoms. The summed E-state index contributed by atoms with van der Waals surface area (Å²) in [6.07, 6.45) is 6.12. The van der Waals surface area contributed by atoms with Gasteiger partial charge in [-0.2, -0.15) is 0 Å². The number of hydrogen-bond donors (Lipinski definition) is 1. The molecular formula is C37H40BrN3O4S2. The predicted molar refractivity (Wildman–Crippen MR) is 193 cm³/mol. The molecule has 246 valence electrons. The molecule has 47 heavy (non-hydrogen) atoms. The number of carbonyl (C=O) groups excluding carboxylic acids is 2. The van der Waals surface area contributed by atoms with Crippen LogP contribution in [0.15, 0.2) is 117 Å². The van der Waals surface area contributed by atoms with Crippen LogP contribution in [-0.4, -0.2) is 50.0 Å². The molecule has 0 saturated heterocycles. The van der Waals surface area contributed by atoms with E-state index in [0.717, 1.165) is 56.0 Å². The van der Waals surface area contributed by atoms with E-state index in [4.69, 9.17) is 0 Å². The lowest BCUT2D eigenvalue weighted by Crippen LogP contribution is -2.54. The minimum Gasteiger partial charge on any atom is -0.352 e. The van der Waals surface area contributed by atoms with Crippen molar-refractivity contribution in [2.75, 3.05) is 17.1 Å². The Hall–Kier alpha value is -3.60. The topological polar surface area (TPSA) is 86.8 Å². The summed E-state index contributed by atoms with van der Waals surface area (Å²) in [6.45, 7) is 1.58. The maximum atomic E-state index is 14.6. The molecule has 4 aromatic carbocycles. The van der Waals surface area contributed by atoms with Gasteiger partial charge >= 0.3 is 0 Å². The van der Waals surface area contributed by atoms with Gasteiger partial charge in [-0.25, -0.2) is 8.42 Å². The normalized spacial score (nSPS) is 14.0. The van der Waals surface area contributed by atoms with E-state index < -0.39 is 28.5 Å². The van der Waals surface area contributed by atoms with Gasteiger partial charge < -0.3 is 10.2 Å². The van der Waals surface area contributed by atoms with Gasteiger partial charge in [-0.1, -0.05) is 88.9 Å². The summed E-state index contributed by atoms with van der Waals surface area (Å²) in [4.78, 5) is 31.3. The van der Waals surface area contributed by atoms with E-state index in [1.807, 2.05) is 79.9 Å². The smallest absolute Gasteiger partial charge is 0.264 e. The molecule has 2 amide bonds. The predicted octanol–water partition coefficient (Wildman–Crippen LogP) is 7.37. The van der Waals surface area contributed by atoms with Gasteiger partial charge in [0.25, 0.3) is 10.0 Å². The molecule has 1 aliphatic rings. The summed E-state index contributed by atoms with van der Waals surface area (Å²) < 4.78 is 30.6. The van der Waals surface area contributed by atoms with Crippen LogP contribution < -0.4 is 9.62 Å². The Morgan fingerprint density at radius 3 is 2.13 bits per heavy atom. The van der Waals surface area contributed by atoms with Crippen molar-refractivity contribution in [3.8, 4) is 0 Å². The van der Waals surface area contributed by atoms with Crippen molar-refractivity contribution in [3.63, 3.8) is 0 Å². The first-order chi connectivity index (χ1) is 22.6. The molecule has 4 aromatic rings. The Bertz CT molecular complexity index is 1740. The Morgan fingerprint density at radius 1 is 0.872 bits per heavy atom. The second kappa shape index (κ2) is 16.0. The number of halogens is 1. The van der Waals surface area contributed by atoms with E-state index in [2.05, 4.69) is 21.2 Å². The van der Waals surface area contributed by atoms with Crippen LogP contribution in [0.25, 0.3) is 0 Å². The molecule has 1 aliphatic carbocycles. The van der Waals surface area contributed by atoms with Gasteiger partial charge in [0, 0.05) is 28.4 Å². The van der Waals surface area contributed by atoms with E-state index in [1.165, 1.54) is 11.8 Å². The Kier molecular flexibility index (Phi) is 11.8. The molecule has 1 fully saturated rings. The van der Waals surface area contributed by atoms with Crippen LogP contribution in [-0.2, 0) is 32.6 Å². The highest BCUT2D eigenvalue weighted by atomic mass is 79.9. The lowest BCUT2D eigenvalue weighted by Gasteiger charge is -2.34. The highest BCUT2D eigenvalue weighted by Gasteiger charge is 2.35. The summed E-state index contributed by atoms with van der Waals surface area (Å²) in [6, 6.07) is 30.1. The number of nitrogens with one attached hydrogen (secondary N) is 1. The molecule has 0 spiro atoms. The van der Waals surface area contributed by atoms with Gasteiger partial charge in [-0.3, -0.25) is 13.9 Å². The number of hydrogen-bond acceptors (Lipinski definition) is 5. The summed E-state index contributed by atoms with van der Waals surface area (Å²) in [5, 5.41) is 3.21. The third kappa shape index (κ3) is 9.06. The average Bonchev–Trinajstić information content (AvgIpc) is 3.60. The lowest BCUT2D eigenvalue weighted by molar-refractivity contribution is -0.140. The number of rotatable bonds is 13. The summed E-state index contributed by atoms with van der Waals surface area (Å²) >= 11 is 5.00. The van der Waals surface area contributed by atoms with Gasteiger partial charge in [-0.05, 0) is 85.7 Å². The van der Waals surface area contributed by atoms with Crippen molar-refractivity contribution in [1.29, 1.82) is 0 Å². The second-order valence-electron chi connectivity index (χ2n) is 11.9. The van der Waals surface area contributed by atoms with Crippen molar-refractivity contribution in [3.05, 3.63) is 124 Å². The van der Waals surface area contributed by atoms with Gasteiger partial charge in [0.15, 0.2) is 0 Å². The molecule has 10 heteroatoms. The quantitative estimate of drug-likeness (QED) is 0.145. The van der Waals surface area contributed by atoms with Crippen LogP contribution in [0, 0.1) is 6.92 Å². The highest BCUT2D eigenvalue weighted by molar-refractivity contribution is 9.10. The van der Waals surface area contributed by atoms with Gasteiger partial charge in [0.2, 0.25) is 11.8 Å². The number of sulfonamides is 1. The van der Waals surface area contributed by atoms with Crippen molar-refractivity contribution in [1.82, 2.24) is 10.2 Å². The number of aryl methyl sites for hydroxylation is 1. The van der Waals surface area contributed by atoms with Crippen LogP contribution in [0.4, 0.5) is 5.69 Å². The third-order valence-corrected chi connectivity index (χ3v) is 11.5. The highest BCUT2D eigenvalue weighted by Crippen LogP contribution is 2.27. The fourth-order valence-electron chi connectivity index (χ4n) is 5.82. The van der Waals surface area contributed by atoms with Crippen molar-refractivity contribution in [2.24, 2.45) is 0 Å². The van der Waals surface area contributed by atoms with Crippen LogP contribution in [0.1, 0.15) is 42.4 Å². The third-order valence-electron chi connectivity index (χ3n) is 8.49. The molecule has 0 heterocycles. The standard InChI is InChI=1S/C37H40BrN3O4S2/c1-27-12-18-32(19-13-27)41(47(44,45)34-22-20-33(46-2)21-23-34)26-36(42)40(25-29-14-16-30(38)17-15-29)35(24-28-8-4-3-5-9-28)37(43)39-31-10-6-7-11-31/h3-5,8-9,12-23,31,35H,6-7,10-11,24-26H2,1-2H3,(H,39,43). The lowest BCUT2D eigenvalue weighted by atomic mass is 10.0. The van der Waals surface area contributed by atoms with Crippen LogP contribution in [0.5, 0.6) is 0 Å². The van der Waals surface area contributed by atoms with Gasteiger partial charge in [0.1, 0.15) is 12.6 Å². The number of benzene rings is 4. The van der Waals surface area contributed by atoms with E-state index in [9.17, 15) is 18.0 Å². The van der Waals surface area contributed by atoms with Crippen molar-refractivity contribution >= 4 is 55.2 Å². The molecule has 0 radical (unpaired) electrons. The Morgan fingerprint density at radius 2 is 1.51 bits per heavy atom. The number of anilines is 1. The van der Waals surface area contributed by atoms with Gasteiger partial charge in [-0.15, -0.1) is 11.8 Å². The average molecular weight is 735 g/mol. The van der Waals surface area contributed by atoms with Crippen LogP contribution >= 0.6 is 27.7 Å². The first-order valence-corrected chi connectivity index (χ1v) is 19.2. The van der Waals surface area contributed by atoms with Crippen LogP contribution in [0.2, 0.25) is 0 Å². The number of nitrogens with zero attached hydrogens (tertiary/aromatic N) is 2. The zero-order chi connectivity index (χ0) is 33.4. The van der Waals surface area contributed by atoms with E-state index in [1.54, 1.807) is 41.3 Å². The monoisotopic (exact) mass is 733 g/mol. The maximum Gasteiger partial charge on any atom is 0.264 e. The fourth-order valence-corrected chi connectivity index (χ4v) is 7.91. The number of thioether (sulfide) groups is 1. The summed E-state index contributed by atoms with van der Waals surface area (Å²) in [5.74, 6) is -0.705. The maximum absolute atomic E-state index is 14.6. The summed E-state index contributed by atoms with van der Waals surface area (Å²) in [5.41, 5.74) is 3.07. The van der Waals surface area contributed by atoms with Crippen LogP contribution in [0.3, 0.4) is 0 Å². The summed E-state index contributed by atoms with van der Waals surface area (Å²) in [7, 11) is -4.15. The first-order valence-electron chi connectivity index (χ1n) is 15.8. The van der Waals surface area contributed by atoms with Crippen molar-refractivity contribution in [2.45, 2.75) is 67.4 Å². The SMILES string of the molecule is CSc1ccc(S(=O)(=O)N(CC(=O)N(Cc2ccc(Br)cc2)C(Cc2ccccc2)C(=O)NC2CCCC2)c2ccc(C)cc2)cc1. The number of carbonyl (C=O) groups is 2. The number of amides is 2. The van der Waals surface area contributed by atoms with E-state index in [0.29, 0.717) is 5.69 Å². The molecule has 0 aliphatic heterocycles. The molecule has 7 nitrogen and oxygen atoms in total. The Labute approximate surface area is 290 Å². The molecule has 0 aromatic heterocycles. The molecule has 5 rings (SSSR count). The van der Waals surface area contributed by atoms with Crippen molar-refractivity contribution < 1.29 is 18.0 Å². The Balaban J connectivity index is 1.55. The minimum atomic E-state index is -4.15. The zero-order valence-corrected chi connectivity index (χ0v) is 29.9. The molecule has 1 saturated carbocycles. The fraction of sp³-hybridized carbons (Fsp3) is 0.297. The van der Waals surface area contributed by atoms with E-state index >= 15 is 0 Å². The van der Waals surface area contributed by atoms with Gasteiger partial charge in [0.05, 0.1) is 10.6 Å². The largest absolute Gasteiger partial charge is 0.352 e. The first kappa shape index (κ1) is 34.7. The zero-order valence-electron chi connectivity index (χ0n) is 26.6. The molecule has 1 atom stereocenters. The van der Waals surface area contributed by atoms with E-state index in [-0.39, 0.29) is 29.8 Å².